The van der Waals surface area contributed by atoms with Crippen molar-refractivity contribution in [3.8, 4) is 0 Å². The fourth-order valence-electron chi connectivity index (χ4n) is 2.81. The van der Waals surface area contributed by atoms with Crippen LogP contribution >= 0.6 is 0 Å². The minimum absolute atomic E-state index is 0.729. The number of nitrogens with one attached hydrogen (secondary N) is 1. The molecule has 3 rings (SSSR count). The fourth-order valence-corrected chi connectivity index (χ4v) is 2.81. The molecule has 1 unspecified atom stereocenters. The van der Waals surface area contributed by atoms with Crippen molar-refractivity contribution in [1.29, 1.82) is 0 Å². The van der Waals surface area contributed by atoms with Crippen LogP contribution in [0.2, 0.25) is 0 Å². The zero-order valence-corrected chi connectivity index (χ0v) is 11.5. The van der Waals surface area contributed by atoms with Crippen molar-refractivity contribution in [3.63, 3.8) is 0 Å². The van der Waals surface area contributed by atoms with Crippen molar-refractivity contribution in [1.82, 2.24) is 10.2 Å². The Morgan fingerprint density at radius 2 is 2.22 bits per heavy atom. The van der Waals surface area contributed by atoms with E-state index in [1.165, 1.54) is 37.8 Å². The van der Waals surface area contributed by atoms with E-state index in [9.17, 15) is 0 Å². The van der Waals surface area contributed by atoms with E-state index in [1.807, 2.05) is 0 Å². The summed E-state index contributed by atoms with van der Waals surface area (Å²) in [6.07, 6.45) is 5.34. The number of hydrogen-bond acceptors (Lipinski definition) is 3. The van der Waals surface area contributed by atoms with Crippen LogP contribution < -0.4 is 5.32 Å². The minimum atomic E-state index is 0.729. The molecular formula is C15H24N2O. The van der Waals surface area contributed by atoms with Gasteiger partial charge in [-0.2, -0.15) is 0 Å². The Labute approximate surface area is 110 Å². The molecule has 1 atom stereocenters. The quantitative estimate of drug-likeness (QED) is 0.868. The molecule has 1 aliphatic heterocycles. The van der Waals surface area contributed by atoms with Gasteiger partial charge in [0.25, 0.3) is 0 Å². The van der Waals surface area contributed by atoms with E-state index in [0.29, 0.717) is 0 Å². The molecule has 2 aliphatic rings. The lowest BCUT2D eigenvalue weighted by atomic mass is 10.2. The van der Waals surface area contributed by atoms with Crippen LogP contribution in [0.1, 0.15) is 49.7 Å². The Morgan fingerprint density at radius 3 is 2.89 bits per heavy atom. The SMILES string of the molecule is Cc1oc(CNC2CC2)cc1CN1CCCC1C. The third kappa shape index (κ3) is 2.78. The number of hydrogen-bond donors (Lipinski definition) is 1. The molecule has 1 N–H and O–H groups in total. The molecule has 0 bridgehead atoms. The van der Waals surface area contributed by atoms with Gasteiger partial charge in [-0.05, 0) is 52.1 Å². The second kappa shape index (κ2) is 5.06. The fraction of sp³-hybridized carbons (Fsp3) is 0.733. The summed E-state index contributed by atoms with van der Waals surface area (Å²) in [6.45, 7) is 7.61. The second-order valence-corrected chi connectivity index (χ2v) is 5.91. The van der Waals surface area contributed by atoms with Gasteiger partial charge in [0.2, 0.25) is 0 Å². The standard InChI is InChI=1S/C15H24N2O/c1-11-4-3-7-17(11)10-13-8-15(18-12(13)2)9-16-14-5-6-14/h8,11,14,16H,3-7,9-10H2,1-2H3. The van der Waals surface area contributed by atoms with Gasteiger partial charge in [0, 0.05) is 24.2 Å². The third-order valence-electron chi connectivity index (χ3n) is 4.28. The van der Waals surface area contributed by atoms with Crippen LogP contribution in [0.4, 0.5) is 0 Å². The van der Waals surface area contributed by atoms with Crippen LogP contribution in [0.5, 0.6) is 0 Å². The van der Waals surface area contributed by atoms with Crippen LogP contribution in [0.15, 0.2) is 10.5 Å². The summed E-state index contributed by atoms with van der Waals surface area (Å²) in [5, 5.41) is 3.51. The maximum absolute atomic E-state index is 5.85. The molecular weight excluding hydrogens is 224 g/mol. The summed E-state index contributed by atoms with van der Waals surface area (Å²) in [4.78, 5) is 2.57. The lowest BCUT2D eigenvalue weighted by Crippen LogP contribution is -2.26. The first-order valence-corrected chi connectivity index (χ1v) is 7.28. The summed E-state index contributed by atoms with van der Waals surface area (Å²) in [7, 11) is 0. The number of likely N-dealkylation sites (tertiary alicyclic amines) is 1. The Kier molecular flexibility index (Phi) is 3.44. The molecule has 3 heteroatoms. The van der Waals surface area contributed by atoms with Crippen LogP contribution in [0.3, 0.4) is 0 Å². The average Bonchev–Trinajstić information content (AvgIpc) is 3.00. The van der Waals surface area contributed by atoms with E-state index in [1.54, 1.807) is 0 Å². The molecule has 0 radical (unpaired) electrons. The first-order chi connectivity index (χ1) is 8.72. The molecule has 2 heterocycles. The lowest BCUT2D eigenvalue weighted by molar-refractivity contribution is 0.258. The molecule has 100 valence electrons. The predicted molar refractivity (Wildman–Crippen MR) is 72.4 cm³/mol. The van der Waals surface area contributed by atoms with Crippen LogP contribution in [0.25, 0.3) is 0 Å². The third-order valence-corrected chi connectivity index (χ3v) is 4.28. The highest BCUT2D eigenvalue weighted by Crippen LogP contribution is 2.24. The predicted octanol–water partition coefficient (Wildman–Crippen LogP) is 2.82. The average molecular weight is 248 g/mol. The van der Waals surface area contributed by atoms with Gasteiger partial charge in [-0.15, -0.1) is 0 Å². The number of rotatable bonds is 5. The zero-order chi connectivity index (χ0) is 12.5. The smallest absolute Gasteiger partial charge is 0.118 e. The minimum Gasteiger partial charge on any atom is -0.465 e. The van der Waals surface area contributed by atoms with Gasteiger partial charge in [0.15, 0.2) is 0 Å². The van der Waals surface area contributed by atoms with Gasteiger partial charge in [-0.1, -0.05) is 0 Å². The second-order valence-electron chi connectivity index (χ2n) is 5.91. The molecule has 0 spiro atoms. The molecule has 0 aromatic carbocycles. The lowest BCUT2D eigenvalue weighted by Gasteiger charge is -2.20. The van der Waals surface area contributed by atoms with E-state index in [0.717, 1.165) is 36.7 Å². The van der Waals surface area contributed by atoms with Crippen molar-refractivity contribution < 1.29 is 4.42 Å². The Balaban J connectivity index is 1.60. The summed E-state index contributed by atoms with van der Waals surface area (Å²) >= 11 is 0. The van der Waals surface area contributed by atoms with Crippen molar-refractivity contribution >= 4 is 0 Å². The highest BCUT2D eigenvalue weighted by Gasteiger charge is 2.23. The maximum atomic E-state index is 5.85. The Morgan fingerprint density at radius 1 is 1.39 bits per heavy atom. The highest BCUT2D eigenvalue weighted by atomic mass is 16.3. The molecule has 1 saturated heterocycles. The summed E-state index contributed by atoms with van der Waals surface area (Å²) in [5.74, 6) is 2.20. The van der Waals surface area contributed by atoms with Crippen molar-refractivity contribution in [3.05, 3.63) is 23.2 Å². The number of furan rings is 1. The van der Waals surface area contributed by atoms with E-state index in [4.69, 9.17) is 4.42 Å². The topological polar surface area (TPSA) is 28.4 Å². The van der Waals surface area contributed by atoms with Gasteiger partial charge in [0.05, 0.1) is 6.54 Å². The number of nitrogens with zero attached hydrogens (tertiary/aromatic N) is 1. The Bertz CT molecular complexity index is 409. The van der Waals surface area contributed by atoms with Crippen LogP contribution in [-0.2, 0) is 13.1 Å². The molecule has 1 saturated carbocycles. The largest absolute Gasteiger partial charge is 0.465 e. The van der Waals surface area contributed by atoms with Crippen LogP contribution in [0, 0.1) is 6.92 Å². The van der Waals surface area contributed by atoms with Gasteiger partial charge in [-0.3, -0.25) is 4.90 Å². The molecule has 2 fully saturated rings. The van der Waals surface area contributed by atoms with Crippen LogP contribution in [-0.4, -0.2) is 23.5 Å². The highest BCUT2D eigenvalue weighted by molar-refractivity contribution is 5.21. The molecule has 3 nitrogen and oxygen atoms in total. The van der Waals surface area contributed by atoms with Crippen molar-refractivity contribution in [2.75, 3.05) is 6.54 Å². The van der Waals surface area contributed by atoms with Gasteiger partial charge < -0.3 is 9.73 Å². The van der Waals surface area contributed by atoms with E-state index >= 15 is 0 Å². The van der Waals surface area contributed by atoms with Gasteiger partial charge in [0.1, 0.15) is 11.5 Å². The zero-order valence-electron chi connectivity index (χ0n) is 11.5. The van der Waals surface area contributed by atoms with E-state index in [-0.39, 0.29) is 0 Å². The molecule has 1 aromatic rings. The first-order valence-electron chi connectivity index (χ1n) is 7.28. The van der Waals surface area contributed by atoms with Gasteiger partial charge >= 0.3 is 0 Å². The molecule has 1 aromatic heterocycles. The van der Waals surface area contributed by atoms with E-state index in [2.05, 4.69) is 30.1 Å². The van der Waals surface area contributed by atoms with Crippen molar-refractivity contribution in [2.24, 2.45) is 0 Å². The van der Waals surface area contributed by atoms with E-state index < -0.39 is 0 Å². The summed E-state index contributed by atoms with van der Waals surface area (Å²) < 4.78 is 5.85. The molecule has 18 heavy (non-hydrogen) atoms. The monoisotopic (exact) mass is 248 g/mol. The summed E-state index contributed by atoms with van der Waals surface area (Å²) in [5.41, 5.74) is 1.37. The number of aryl methyl sites for hydroxylation is 1. The van der Waals surface area contributed by atoms with Gasteiger partial charge in [-0.25, -0.2) is 0 Å². The maximum Gasteiger partial charge on any atom is 0.118 e. The normalized spacial score (nSPS) is 24.9. The summed E-state index contributed by atoms with van der Waals surface area (Å²) in [6, 6.07) is 3.72. The Hall–Kier alpha value is -0.800. The van der Waals surface area contributed by atoms with Crippen molar-refractivity contribution in [2.45, 2.75) is 64.7 Å². The molecule has 0 amide bonds. The first kappa shape index (κ1) is 12.2. The molecule has 1 aliphatic carbocycles.